The van der Waals surface area contributed by atoms with Gasteiger partial charge in [-0.25, -0.2) is 19.6 Å². The van der Waals surface area contributed by atoms with Gasteiger partial charge in [0.1, 0.15) is 46.9 Å². The smallest absolute Gasteiger partial charge is 0.328 e. The molecule has 2 aromatic heterocycles. The molecule has 0 bridgehead atoms. The van der Waals surface area contributed by atoms with E-state index in [1.807, 2.05) is 41.8 Å². The van der Waals surface area contributed by atoms with E-state index < -0.39 is 12.0 Å². The summed E-state index contributed by atoms with van der Waals surface area (Å²) in [6.07, 6.45) is 2.02. The fraction of sp³-hybridized carbons (Fsp3) is 0.333. The number of hydrogen-bond donors (Lipinski definition) is 1. The van der Waals surface area contributed by atoms with Crippen molar-refractivity contribution in [2.24, 2.45) is 5.92 Å². The van der Waals surface area contributed by atoms with E-state index in [4.69, 9.17) is 37.6 Å². The van der Waals surface area contributed by atoms with E-state index in [-0.39, 0.29) is 25.0 Å². The van der Waals surface area contributed by atoms with Crippen molar-refractivity contribution in [2.45, 2.75) is 50.4 Å². The van der Waals surface area contributed by atoms with Gasteiger partial charge in [-0.15, -0.1) is 11.3 Å². The Labute approximate surface area is 299 Å². The summed E-state index contributed by atoms with van der Waals surface area (Å²) in [6, 6.07) is 16.3. The minimum absolute atomic E-state index is 0.00718. The SMILES string of the molecule is [C-]#[N+]c1c(N2CCCC2)nc(SCc2csc(-c3ccc(Cl)cc3)n2)c(C#N)c1-c1ccc(OCCOC(=O)[C@H](C)NC(=O)C(C)C)cc1. The number of hydrogen-bond acceptors (Lipinski definition) is 10. The molecule has 2 aromatic carbocycles. The number of benzene rings is 2. The van der Waals surface area contributed by atoms with Crippen molar-refractivity contribution in [1.29, 1.82) is 5.26 Å². The van der Waals surface area contributed by atoms with Crippen molar-refractivity contribution >= 4 is 58.1 Å². The minimum atomic E-state index is -0.762. The van der Waals surface area contributed by atoms with E-state index in [1.165, 1.54) is 11.8 Å². The van der Waals surface area contributed by atoms with Gasteiger partial charge in [-0.2, -0.15) is 5.26 Å². The number of carbonyl (C=O) groups is 2. The molecule has 0 aliphatic carbocycles. The van der Waals surface area contributed by atoms with E-state index in [0.717, 1.165) is 42.2 Å². The minimum Gasteiger partial charge on any atom is -0.490 e. The molecule has 1 fully saturated rings. The van der Waals surface area contributed by atoms with Crippen molar-refractivity contribution in [3.8, 4) is 33.5 Å². The molecule has 1 saturated heterocycles. The van der Waals surface area contributed by atoms with Gasteiger partial charge in [0.2, 0.25) is 11.6 Å². The topological polar surface area (TPSA) is 122 Å². The molecular formula is C36H35ClN6O4S2. The fourth-order valence-electron chi connectivity index (χ4n) is 5.11. The van der Waals surface area contributed by atoms with Gasteiger partial charge in [-0.1, -0.05) is 61.5 Å². The molecule has 0 unspecified atom stereocenters. The van der Waals surface area contributed by atoms with Gasteiger partial charge in [0, 0.05) is 46.3 Å². The van der Waals surface area contributed by atoms with Crippen LogP contribution in [-0.4, -0.2) is 54.2 Å². The number of thioether (sulfide) groups is 1. The quantitative estimate of drug-likeness (QED) is 0.0637. The van der Waals surface area contributed by atoms with Gasteiger partial charge in [0.25, 0.3) is 0 Å². The van der Waals surface area contributed by atoms with E-state index >= 15 is 0 Å². The Kier molecular flexibility index (Phi) is 12.1. The van der Waals surface area contributed by atoms with Crippen LogP contribution in [0, 0.1) is 23.8 Å². The molecule has 5 rings (SSSR count). The summed E-state index contributed by atoms with van der Waals surface area (Å²) < 4.78 is 11.0. The summed E-state index contributed by atoms with van der Waals surface area (Å²) in [5, 5.41) is 17.1. The first-order valence-corrected chi connectivity index (χ1v) is 18.1. The van der Waals surface area contributed by atoms with Gasteiger partial charge in [0.15, 0.2) is 0 Å². The number of nitrogens with one attached hydrogen (secondary N) is 1. The summed E-state index contributed by atoms with van der Waals surface area (Å²) in [5.41, 5.74) is 3.77. The lowest BCUT2D eigenvalue weighted by atomic mass is 9.99. The Bertz CT molecular complexity index is 1880. The molecule has 3 heterocycles. The molecule has 252 valence electrons. The highest BCUT2D eigenvalue weighted by Crippen LogP contribution is 2.45. The first kappa shape index (κ1) is 35.7. The summed E-state index contributed by atoms with van der Waals surface area (Å²) in [5.74, 6) is 0.622. The number of nitriles is 1. The highest BCUT2D eigenvalue weighted by Gasteiger charge is 2.27. The number of halogens is 1. The maximum Gasteiger partial charge on any atom is 0.328 e. The van der Waals surface area contributed by atoms with Gasteiger partial charge >= 0.3 is 5.97 Å². The van der Waals surface area contributed by atoms with Crippen LogP contribution in [-0.2, 0) is 20.1 Å². The van der Waals surface area contributed by atoms with Gasteiger partial charge in [-0.05, 0) is 49.6 Å². The van der Waals surface area contributed by atoms with Crippen LogP contribution in [0.3, 0.4) is 0 Å². The predicted octanol–water partition coefficient (Wildman–Crippen LogP) is 7.92. The van der Waals surface area contributed by atoms with Crippen molar-refractivity contribution in [3.05, 3.63) is 81.6 Å². The second kappa shape index (κ2) is 16.7. The van der Waals surface area contributed by atoms with E-state index in [1.54, 1.807) is 44.2 Å². The maximum atomic E-state index is 12.2. The number of nitrogens with zero attached hydrogens (tertiary/aromatic N) is 5. The maximum absolute atomic E-state index is 12.2. The molecule has 13 heteroatoms. The van der Waals surface area contributed by atoms with Crippen molar-refractivity contribution in [3.63, 3.8) is 0 Å². The molecule has 1 amide bonds. The molecule has 1 atom stereocenters. The monoisotopic (exact) mass is 714 g/mol. The number of esters is 1. The fourth-order valence-corrected chi connectivity index (χ4v) is 7.04. The third-order valence-electron chi connectivity index (χ3n) is 7.72. The first-order chi connectivity index (χ1) is 23.7. The van der Waals surface area contributed by atoms with E-state index in [9.17, 15) is 14.9 Å². The molecule has 0 saturated carbocycles. The third kappa shape index (κ3) is 8.90. The van der Waals surface area contributed by atoms with Crippen LogP contribution < -0.4 is 15.0 Å². The molecular weight excluding hydrogens is 680 g/mol. The molecule has 0 spiro atoms. The van der Waals surface area contributed by atoms with Gasteiger partial charge < -0.3 is 19.7 Å². The number of aromatic nitrogens is 2. The Morgan fingerprint density at radius 3 is 2.43 bits per heavy atom. The summed E-state index contributed by atoms with van der Waals surface area (Å²) in [6.45, 7) is 14.9. The number of carbonyl (C=O) groups excluding carboxylic acids is 2. The Hall–Kier alpha value is -4.62. The van der Waals surface area contributed by atoms with Gasteiger partial charge in [-0.3, -0.25) is 4.79 Å². The number of anilines is 1. The summed E-state index contributed by atoms with van der Waals surface area (Å²) >= 11 is 9.03. The van der Waals surface area contributed by atoms with Crippen LogP contribution in [0.5, 0.6) is 5.75 Å². The highest BCUT2D eigenvalue weighted by atomic mass is 35.5. The predicted molar refractivity (Wildman–Crippen MR) is 193 cm³/mol. The zero-order valence-corrected chi connectivity index (χ0v) is 29.8. The summed E-state index contributed by atoms with van der Waals surface area (Å²) in [7, 11) is 0. The number of amides is 1. The lowest BCUT2D eigenvalue weighted by Crippen LogP contribution is -2.41. The second-order valence-corrected chi connectivity index (χ2v) is 13.9. The van der Waals surface area contributed by atoms with E-state index in [2.05, 4.69) is 21.1 Å². The van der Waals surface area contributed by atoms with Gasteiger partial charge in [0.05, 0.1) is 17.8 Å². The van der Waals surface area contributed by atoms with Crippen LogP contribution in [0.25, 0.3) is 26.5 Å². The van der Waals surface area contributed by atoms with Crippen LogP contribution in [0.4, 0.5) is 11.5 Å². The van der Waals surface area contributed by atoms with Crippen LogP contribution in [0.15, 0.2) is 58.9 Å². The highest BCUT2D eigenvalue weighted by molar-refractivity contribution is 7.98. The summed E-state index contributed by atoms with van der Waals surface area (Å²) in [4.78, 5) is 39.8. The van der Waals surface area contributed by atoms with Crippen molar-refractivity contribution in [1.82, 2.24) is 15.3 Å². The molecule has 1 aliphatic heterocycles. The lowest BCUT2D eigenvalue weighted by Gasteiger charge is -2.22. The van der Waals surface area contributed by atoms with E-state index in [0.29, 0.717) is 49.7 Å². The number of thiazole rings is 1. The van der Waals surface area contributed by atoms with Crippen LogP contribution >= 0.6 is 34.7 Å². The first-order valence-electron chi connectivity index (χ1n) is 15.8. The average Bonchev–Trinajstić information content (AvgIpc) is 3.82. The normalized spacial score (nSPS) is 13.1. The van der Waals surface area contributed by atoms with Crippen molar-refractivity contribution in [2.75, 3.05) is 31.2 Å². The zero-order valence-electron chi connectivity index (χ0n) is 27.4. The largest absolute Gasteiger partial charge is 0.490 e. The Balaban J connectivity index is 1.33. The number of rotatable bonds is 13. The third-order valence-corrected chi connectivity index (χ3v) is 9.93. The molecule has 4 aromatic rings. The Morgan fingerprint density at radius 2 is 1.78 bits per heavy atom. The second-order valence-electron chi connectivity index (χ2n) is 11.6. The molecule has 0 radical (unpaired) electrons. The zero-order chi connectivity index (χ0) is 34.9. The van der Waals surface area contributed by atoms with Crippen molar-refractivity contribution < 1.29 is 19.1 Å². The van der Waals surface area contributed by atoms with Crippen LogP contribution in [0.2, 0.25) is 5.02 Å². The standard InChI is InChI=1S/C36H35ClN6O4S2/c1-22(2)33(44)40-23(3)36(45)47-18-17-46-28-13-9-24(10-14-28)30-29(19-38)35(42-32(31(30)39-4)43-15-5-6-16-43)49-21-27-20-48-34(41-27)25-7-11-26(37)12-8-25/h7-14,20,22-23H,5-6,15-18,21H2,1-3H3,(H,40,44)/t23-/m0/s1. The van der Waals surface area contributed by atoms with Crippen LogP contribution in [0.1, 0.15) is 44.9 Å². The molecule has 1 aliphatic rings. The number of pyridine rings is 1. The molecule has 49 heavy (non-hydrogen) atoms. The molecule has 10 nitrogen and oxygen atoms in total. The Morgan fingerprint density at radius 1 is 1.08 bits per heavy atom. The lowest BCUT2D eigenvalue weighted by molar-refractivity contribution is -0.148. The number of ether oxygens (including phenoxy) is 2. The molecule has 1 N–H and O–H groups in total. The average molecular weight is 715 g/mol.